The molecule has 0 aliphatic heterocycles. The van der Waals surface area contributed by atoms with Crippen molar-refractivity contribution in [2.24, 2.45) is 0 Å². The minimum absolute atomic E-state index is 0.147. The molecule has 1 N–H and O–H groups in total. The number of amides is 1. The van der Waals surface area contributed by atoms with Gasteiger partial charge in [0.15, 0.2) is 0 Å². The molecule has 25 heavy (non-hydrogen) atoms. The van der Waals surface area contributed by atoms with Gasteiger partial charge in [-0.3, -0.25) is 4.79 Å². The standard InChI is InChI=1S/C18H16ClN3O3/c1-24-13-6-4-5-12(11-13)20-16(23)9-10-17-21-22-18(25-17)14-7-2-3-8-15(14)19/h2-8,11H,9-10H2,1H3,(H,20,23). The number of hydrogen-bond acceptors (Lipinski definition) is 5. The third-order valence-electron chi connectivity index (χ3n) is 3.49. The van der Waals surface area contributed by atoms with Gasteiger partial charge < -0.3 is 14.5 Å². The van der Waals surface area contributed by atoms with E-state index < -0.39 is 0 Å². The summed E-state index contributed by atoms with van der Waals surface area (Å²) < 4.78 is 10.7. The first-order chi connectivity index (χ1) is 12.2. The molecule has 1 aromatic heterocycles. The average Bonchev–Trinajstić information content (AvgIpc) is 3.09. The van der Waals surface area contributed by atoms with Gasteiger partial charge in [0.05, 0.1) is 17.7 Å². The number of aryl methyl sites for hydroxylation is 1. The van der Waals surface area contributed by atoms with Crippen molar-refractivity contribution in [3.63, 3.8) is 0 Å². The van der Waals surface area contributed by atoms with Gasteiger partial charge in [0, 0.05) is 24.6 Å². The summed E-state index contributed by atoms with van der Waals surface area (Å²) in [6.07, 6.45) is 0.564. The van der Waals surface area contributed by atoms with Crippen LogP contribution in [0.5, 0.6) is 5.75 Å². The van der Waals surface area contributed by atoms with E-state index in [1.165, 1.54) is 0 Å². The van der Waals surface area contributed by atoms with Crippen molar-refractivity contribution in [2.45, 2.75) is 12.8 Å². The van der Waals surface area contributed by atoms with Crippen LogP contribution in [0.1, 0.15) is 12.3 Å². The molecule has 0 bridgehead atoms. The molecule has 1 amide bonds. The lowest BCUT2D eigenvalue weighted by Crippen LogP contribution is -2.12. The highest BCUT2D eigenvalue weighted by Gasteiger charge is 2.13. The number of methoxy groups -OCH3 is 1. The van der Waals surface area contributed by atoms with Crippen molar-refractivity contribution >= 4 is 23.2 Å². The molecule has 1 heterocycles. The highest BCUT2D eigenvalue weighted by Crippen LogP contribution is 2.26. The maximum atomic E-state index is 12.1. The fourth-order valence-electron chi connectivity index (χ4n) is 2.24. The molecule has 0 aliphatic rings. The molecule has 0 saturated carbocycles. The van der Waals surface area contributed by atoms with E-state index in [-0.39, 0.29) is 12.3 Å². The molecule has 0 saturated heterocycles. The number of nitrogens with one attached hydrogen (secondary N) is 1. The van der Waals surface area contributed by atoms with Crippen molar-refractivity contribution in [1.82, 2.24) is 10.2 Å². The molecule has 3 rings (SSSR count). The first-order valence-electron chi connectivity index (χ1n) is 7.67. The van der Waals surface area contributed by atoms with Crippen molar-refractivity contribution < 1.29 is 13.9 Å². The summed E-state index contributed by atoms with van der Waals surface area (Å²) in [5.74, 6) is 1.26. The molecule has 0 atom stereocenters. The van der Waals surface area contributed by atoms with Crippen molar-refractivity contribution in [3.8, 4) is 17.2 Å². The van der Waals surface area contributed by atoms with Gasteiger partial charge in [-0.05, 0) is 24.3 Å². The fourth-order valence-corrected chi connectivity index (χ4v) is 2.46. The Morgan fingerprint density at radius 3 is 2.84 bits per heavy atom. The minimum atomic E-state index is -0.147. The van der Waals surface area contributed by atoms with Crippen molar-refractivity contribution in [3.05, 3.63) is 59.4 Å². The summed E-state index contributed by atoms with van der Waals surface area (Å²) in [6, 6.07) is 14.4. The molecule has 3 aromatic rings. The quantitative estimate of drug-likeness (QED) is 0.722. The molecule has 0 spiro atoms. The highest BCUT2D eigenvalue weighted by atomic mass is 35.5. The first kappa shape index (κ1) is 17.0. The summed E-state index contributed by atoms with van der Waals surface area (Å²) in [7, 11) is 1.58. The number of hydrogen-bond donors (Lipinski definition) is 1. The largest absolute Gasteiger partial charge is 0.497 e. The van der Waals surface area contributed by atoms with Crippen LogP contribution in [0.25, 0.3) is 11.5 Å². The van der Waals surface area contributed by atoms with Crippen molar-refractivity contribution in [1.29, 1.82) is 0 Å². The first-order valence-corrected chi connectivity index (χ1v) is 8.04. The number of rotatable bonds is 6. The van der Waals surface area contributed by atoms with E-state index in [4.69, 9.17) is 20.8 Å². The van der Waals surface area contributed by atoms with Gasteiger partial charge in [-0.15, -0.1) is 10.2 Å². The number of nitrogens with zero attached hydrogens (tertiary/aromatic N) is 2. The van der Waals surface area contributed by atoms with Gasteiger partial charge in [-0.25, -0.2) is 0 Å². The lowest BCUT2D eigenvalue weighted by Gasteiger charge is -2.06. The Labute approximate surface area is 149 Å². The van der Waals surface area contributed by atoms with Crippen LogP contribution >= 0.6 is 11.6 Å². The topological polar surface area (TPSA) is 77.2 Å². The summed E-state index contributed by atoms with van der Waals surface area (Å²) in [6.45, 7) is 0. The van der Waals surface area contributed by atoms with E-state index in [1.54, 1.807) is 31.4 Å². The van der Waals surface area contributed by atoms with Gasteiger partial charge in [-0.2, -0.15) is 0 Å². The summed E-state index contributed by atoms with van der Waals surface area (Å²) >= 11 is 6.11. The Hall–Kier alpha value is -2.86. The Kier molecular flexibility index (Phi) is 5.30. The number of carbonyl (C=O) groups is 1. The SMILES string of the molecule is COc1cccc(NC(=O)CCc2nnc(-c3ccccc3Cl)o2)c1. The van der Waals surface area contributed by atoms with Gasteiger partial charge >= 0.3 is 0 Å². The summed E-state index contributed by atoms with van der Waals surface area (Å²) in [5, 5.41) is 11.3. The third kappa shape index (κ3) is 4.36. The fraction of sp³-hybridized carbons (Fsp3) is 0.167. The van der Waals surface area contributed by atoms with E-state index in [1.807, 2.05) is 24.3 Å². The maximum absolute atomic E-state index is 12.1. The third-order valence-corrected chi connectivity index (χ3v) is 3.82. The molecule has 7 heteroatoms. The van der Waals surface area contributed by atoms with E-state index in [0.717, 1.165) is 0 Å². The zero-order chi connectivity index (χ0) is 17.6. The Morgan fingerprint density at radius 1 is 1.20 bits per heavy atom. The summed E-state index contributed by atoms with van der Waals surface area (Å²) in [5.41, 5.74) is 1.34. The Bertz CT molecular complexity index is 879. The molecule has 0 unspecified atom stereocenters. The maximum Gasteiger partial charge on any atom is 0.249 e. The monoisotopic (exact) mass is 357 g/mol. The normalized spacial score (nSPS) is 10.5. The van der Waals surface area contributed by atoms with Gasteiger partial charge in [-0.1, -0.05) is 29.8 Å². The molecular weight excluding hydrogens is 342 g/mol. The van der Waals surface area contributed by atoms with E-state index in [0.29, 0.717) is 40.2 Å². The number of carbonyl (C=O) groups excluding carboxylic acids is 1. The number of aromatic nitrogens is 2. The molecule has 0 radical (unpaired) electrons. The van der Waals surface area contributed by atoms with Crippen LogP contribution in [0.4, 0.5) is 5.69 Å². The molecule has 128 valence electrons. The zero-order valence-corrected chi connectivity index (χ0v) is 14.3. The predicted octanol–water partition coefficient (Wildman–Crippen LogP) is 3.97. The number of anilines is 1. The lowest BCUT2D eigenvalue weighted by atomic mass is 10.2. The second-order valence-electron chi connectivity index (χ2n) is 5.26. The zero-order valence-electron chi connectivity index (χ0n) is 13.5. The predicted molar refractivity (Wildman–Crippen MR) is 94.7 cm³/mol. The van der Waals surface area contributed by atoms with Gasteiger partial charge in [0.25, 0.3) is 0 Å². The van der Waals surface area contributed by atoms with E-state index in [2.05, 4.69) is 15.5 Å². The van der Waals surface area contributed by atoms with Crippen LogP contribution in [0.2, 0.25) is 5.02 Å². The van der Waals surface area contributed by atoms with Crippen LogP contribution < -0.4 is 10.1 Å². The lowest BCUT2D eigenvalue weighted by molar-refractivity contribution is -0.116. The average molecular weight is 358 g/mol. The van der Waals surface area contributed by atoms with E-state index in [9.17, 15) is 4.79 Å². The van der Waals surface area contributed by atoms with Crippen LogP contribution in [-0.4, -0.2) is 23.2 Å². The second-order valence-corrected chi connectivity index (χ2v) is 5.67. The molecule has 0 fully saturated rings. The minimum Gasteiger partial charge on any atom is -0.497 e. The van der Waals surface area contributed by atoms with Gasteiger partial charge in [0.1, 0.15) is 5.75 Å². The molecular formula is C18H16ClN3O3. The Morgan fingerprint density at radius 2 is 2.04 bits per heavy atom. The smallest absolute Gasteiger partial charge is 0.249 e. The van der Waals surface area contributed by atoms with Crippen LogP contribution in [0.3, 0.4) is 0 Å². The summed E-state index contributed by atoms with van der Waals surface area (Å²) in [4.78, 5) is 12.1. The van der Waals surface area contributed by atoms with Gasteiger partial charge in [0.2, 0.25) is 17.7 Å². The van der Waals surface area contributed by atoms with Crippen LogP contribution in [0.15, 0.2) is 52.9 Å². The molecule has 2 aromatic carbocycles. The van der Waals surface area contributed by atoms with Crippen molar-refractivity contribution in [2.75, 3.05) is 12.4 Å². The van der Waals surface area contributed by atoms with Crippen LogP contribution in [-0.2, 0) is 11.2 Å². The number of halogens is 1. The highest BCUT2D eigenvalue weighted by molar-refractivity contribution is 6.33. The van der Waals surface area contributed by atoms with Crippen LogP contribution in [0, 0.1) is 0 Å². The number of ether oxygens (including phenoxy) is 1. The molecule has 0 aliphatic carbocycles. The second kappa shape index (κ2) is 7.81. The Balaban J connectivity index is 1.58. The van der Waals surface area contributed by atoms with E-state index >= 15 is 0 Å². The number of benzene rings is 2. The molecule has 6 nitrogen and oxygen atoms in total.